The van der Waals surface area contributed by atoms with Crippen molar-refractivity contribution in [2.75, 3.05) is 5.32 Å². The predicted molar refractivity (Wildman–Crippen MR) is 65.9 cm³/mol. The largest absolute Gasteiger partial charge is 0.364 e. The number of benzene rings is 1. The third-order valence-corrected chi connectivity index (χ3v) is 2.22. The lowest BCUT2D eigenvalue weighted by atomic mass is 10.1. The van der Waals surface area contributed by atoms with Crippen LogP contribution in [0.5, 0.6) is 0 Å². The second-order valence-electron chi connectivity index (χ2n) is 3.49. The number of anilines is 1. The van der Waals surface area contributed by atoms with Crippen molar-refractivity contribution >= 4 is 11.6 Å². The Kier molecular flexibility index (Phi) is 4.41. The first-order valence-corrected chi connectivity index (χ1v) is 5.14. The lowest BCUT2D eigenvalue weighted by Crippen LogP contribution is -2.24. The summed E-state index contributed by atoms with van der Waals surface area (Å²) in [7, 11) is 0. The van der Waals surface area contributed by atoms with Gasteiger partial charge in [-0.15, -0.1) is 0 Å². The number of nitro groups is 1. The van der Waals surface area contributed by atoms with E-state index in [-0.39, 0.29) is 12.0 Å². The third kappa shape index (κ3) is 4.07. The van der Waals surface area contributed by atoms with Gasteiger partial charge in [0, 0.05) is 11.7 Å². The SMILES string of the molecule is CCC(N)c1cccc(NC(N)=N[N+](=O)[O-])c1. The summed E-state index contributed by atoms with van der Waals surface area (Å²) in [5.41, 5.74) is 12.8. The molecule has 1 rings (SSSR count). The molecule has 0 spiro atoms. The second-order valence-corrected chi connectivity index (χ2v) is 3.49. The van der Waals surface area contributed by atoms with E-state index in [2.05, 4.69) is 10.4 Å². The molecule has 17 heavy (non-hydrogen) atoms. The first-order valence-electron chi connectivity index (χ1n) is 5.14. The molecular formula is C10H15N5O2. The summed E-state index contributed by atoms with van der Waals surface area (Å²) in [4.78, 5) is 10.1. The molecule has 0 bridgehead atoms. The lowest BCUT2D eigenvalue weighted by Gasteiger charge is -2.11. The minimum atomic E-state index is -0.857. The molecular weight excluding hydrogens is 222 g/mol. The van der Waals surface area contributed by atoms with E-state index < -0.39 is 5.03 Å². The van der Waals surface area contributed by atoms with Crippen LogP contribution in [0.4, 0.5) is 5.69 Å². The van der Waals surface area contributed by atoms with Crippen molar-refractivity contribution in [3.8, 4) is 0 Å². The average molecular weight is 237 g/mol. The highest BCUT2D eigenvalue weighted by Crippen LogP contribution is 2.17. The topological polar surface area (TPSA) is 120 Å². The normalized spacial score (nSPS) is 13.2. The van der Waals surface area contributed by atoms with Crippen molar-refractivity contribution < 1.29 is 5.03 Å². The summed E-state index contributed by atoms with van der Waals surface area (Å²) >= 11 is 0. The van der Waals surface area contributed by atoms with Gasteiger partial charge in [0.15, 0.2) is 5.03 Å². The van der Waals surface area contributed by atoms with Gasteiger partial charge < -0.3 is 16.8 Å². The van der Waals surface area contributed by atoms with Crippen LogP contribution < -0.4 is 16.8 Å². The van der Waals surface area contributed by atoms with Crippen molar-refractivity contribution in [1.82, 2.24) is 0 Å². The van der Waals surface area contributed by atoms with E-state index in [4.69, 9.17) is 11.5 Å². The van der Waals surface area contributed by atoms with E-state index in [0.717, 1.165) is 12.0 Å². The minimum Gasteiger partial charge on any atom is -0.364 e. The van der Waals surface area contributed by atoms with Gasteiger partial charge in [-0.3, -0.25) is 0 Å². The Labute approximate surface area is 98.6 Å². The van der Waals surface area contributed by atoms with Crippen LogP contribution in [0.25, 0.3) is 0 Å². The molecule has 7 nitrogen and oxygen atoms in total. The van der Waals surface area contributed by atoms with Crippen molar-refractivity contribution in [3.05, 3.63) is 39.9 Å². The Balaban J connectivity index is 2.82. The summed E-state index contributed by atoms with van der Waals surface area (Å²) in [5, 5.41) is 14.8. The molecule has 0 aliphatic heterocycles. The average Bonchev–Trinajstić information content (AvgIpc) is 2.27. The summed E-state index contributed by atoms with van der Waals surface area (Å²) < 4.78 is 0. The zero-order valence-corrected chi connectivity index (χ0v) is 9.46. The fraction of sp³-hybridized carbons (Fsp3) is 0.300. The van der Waals surface area contributed by atoms with Gasteiger partial charge in [0.25, 0.3) is 5.96 Å². The van der Waals surface area contributed by atoms with E-state index >= 15 is 0 Å². The Morgan fingerprint density at radius 3 is 2.94 bits per heavy atom. The van der Waals surface area contributed by atoms with E-state index in [1.807, 2.05) is 13.0 Å². The molecule has 1 aromatic rings. The highest BCUT2D eigenvalue weighted by molar-refractivity contribution is 5.91. The fourth-order valence-corrected chi connectivity index (χ4v) is 1.34. The molecule has 1 aromatic carbocycles. The maximum absolute atomic E-state index is 10.1. The molecule has 1 unspecified atom stereocenters. The quantitative estimate of drug-likeness (QED) is 0.312. The standard InChI is InChI=1S/C10H15N5O2/c1-2-9(11)7-4-3-5-8(6-7)13-10(12)14-15(16)17/h3-6,9H,2,11H2,1H3,(H3,12,13,14). The number of rotatable bonds is 4. The summed E-state index contributed by atoms with van der Waals surface area (Å²) in [5.74, 6) is -0.266. The Morgan fingerprint density at radius 1 is 1.65 bits per heavy atom. The molecule has 0 fully saturated rings. The van der Waals surface area contributed by atoms with Crippen LogP contribution in [-0.2, 0) is 0 Å². The van der Waals surface area contributed by atoms with Gasteiger partial charge in [-0.05, 0) is 24.1 Å². The second kappa shape index (κ2) is 5.80. The zero-order valence-electron chi connectivity index (χ0n) is 9.46. The Bertz CT molecular complexity index is 432. The van der Waals surface area contributed by atoms with Crippen LogP contribution in [-0.4, -0.2) is 11.0 Å². The highest BCUT2D eigenvalue weighted by Gasteiger charge is 2.05. The number of nitrogens with two attached hydrogens (primary N) is 2. The number of hydrazone groups is 1. The first-order chi connectivity index (χ1) is 8.02. The van der Waals surface area contributed by atoms with Gasteiger partial charge in [-0.1, -0.05) is 19.1 Å². The van der Waals surface area contributed by atoms with Crippen molar-refractivity contribution in [1.29, 1.82) is 0 Å². The van der Waals surface area contributed by atoms with Crippen molar-refractivity contribution in [3.63, 3.8) is 0 Å². The Hall–Kier alpha value is -2.15. The molecule has 92 valence electrons. The molecule has 0 heterocycles. The smallest absolute Gasteiger partial charge is 0.270 e. The summed E-state index contributed by atoms with van der Waals surface area (Å²) in [6.45, 7) is 1.98. The van der Waals surface area contributed by atoms with Crippen LogP contribution in [0.3, 0.4) is 0 Å². The molecule has 0 aromatic heterocycles. The summed E-state index contributed by atoms with van der Waals surface area (Å²) in [6.07, 6.45) is 0.807. The molecule has 5 N–H and O–H groups in total. The summed E-state index contributed by atoms with van der Waals surface area (Å²) in [6, 6.07) is 7.14. The Morgan fingerprint density at radius 2 is 2.35 bits per heavy atom. The molecule has 0 aliphatic rings. The molecule has 0 radical (unpaired) electrons. The zero-order chi connectivity index (χ0) is 12.8. The van der Waals surface area contributed by atoms with Crippen LogP contribution in [0.2, 0.25) is 0 Å². The van der Waals surface area contributed by atoms with E-state index in [1.54, 1.807) is 18.2 Å². The minimum absolute atomic E-state index is 0.0644. The van der Waals surface area contributed by atoms with E-state index in [9.17, 15) is 10.1 Å². The molecule has 7 heteroatoms. The maximum Gasteiger partial charge on any atom is 0.270 e. The van der Waals surface area contributed by atoms with Crippen LogP contribution in [0, 0.1) is 10.1 Å². The molecule has 1 atom stereocenters. The van der Waals surface area contributed by atoms with Gasteiger partial charge >= 0.3 is 0 Å². The fourth-order valence-electron chi connectivity index (χ4n) is 1.34. The van der Waals surface area contributed by atoms with Crippen molar-refractivity contribution in [2.45, 2.75) is 19.4 Å². The van der Waals surface area contributed by atoms with E-state index in [1.165, 1.54) is 0 Å². The van der Waals surface area contributed by atoms with Gasteiger partial charge in [0.05, 0.1) is 0 Å². The molecule has 0 amide bonds. The van der Waals surface area contributed by atoms with Crippen LogP contribution in [0.15, 0.2) is 29.4 Å². The van der Waals surface area contributed by atoms with Crippen LogP contribution >= 0.6 is 0 Å². The maximum atomic E-state index is 10.1. The van der Waals surface area contributed by atoms with Gasteiger partial charge in [-0.25, -0.2) is 10.1 Å². The first kappa shape index (κ1) is 12.9. The van der Waals surface area contributed by atoms with Crippen molar-refractivity contribution in [2.24, 2.45) is 16.6 Å². The van der Waals surface area contributed by atoms with Gasteiger partial charge in [0.2, 0.25) is 0 Å². The predicted octanol–water partition coefficient (Wildman–Crippen LogP) is 1.01. The molecule has 0 aliphatic carbocycles. The van der Waals surface area contributed by atoms with Gasteiger partial charge in [-0.2, -0.15) is 0 Å². The van der Waals surface area contributed by atoms with E-state index in [0.29, 0.717) is 5.69 Å². The monoisotopic (exact) mass is 237 g/mol. The van der Waals surface area contributed by atoms with Crippen LogP contribution in [0.1, 0.15) is 24.9 Å². The number of nitrogens with zero attached hydrogens (tertiary/aromatic N) is 2. The number of guanidine groups is 1. The van der Waals surface area contributed by atoms with Gasteiger partial charge in [0.1, 0.15) is 5.10 Å². The molecule has 0 saturated heterocycles. The third-order valence-electron chi connectivity index (χ3n) is 2.22. The molecule has 0 saturated carbocycles. The number of nitrogens with one attached hydrogen (secondary N) is 1. The number of hydrogen-bond donors (Lipinski definition) is 3. The number of hydrogen-bond acceptors (Lipinski definition) is 3. The highest BCUT2D eigenvalue weighted by atomic mass is 16.7. The lowest BCUT2D eigenvalue weighted by molar-refractivity contribution is -0.485.